The fraction of sp³-hybridized carbons (Fsp3) is 0.316. The van der Waals surface area contributed by atoms with Crippen molar-refractivity contribution in [3.8, 4) is 5.75 Å². The van der Waals surface area contributed by atoms with Gasteiger partial charge in [0.05, 0.1) is 7.11 Å². The fourth-order valence-corrected chi connectivity index (χ4v) is 2.76. The van der Waals surface area contributed by atoms with Crippen LogP contribution in [0.3, 0.4) is 0 Å². The number of esters is 1. The summed E-state index contributed by atoms with van der Waals surface area (Å²) in [5, 5.41) is 0. The molecule has 2 aromatic carbocycles. The molecular weight excluding hydrogens is 308 g/mol. The molecule has 0 aliphatic rings. The Hall–Kier alpha value is -1.94. The maximum absolute atomic E-state index is 12.0. The van der Waals surface area contributed by atoms with Crippen molar-refractivity contribution in [1.29, 1.82) is 0 Å². The molecule has 0 aromatic heterocycles. The quantitative estimate of drug-likeness (QED) is 0.659. The van der Waals surface area contributed by atoms with Crippen LogP contribution in [0.15, 0.2) is 42.5 Å². The Kier molecular flexibility index (Phi) is 5.37. The van der Waals surface area contributed by atoms with Gasteiger partial charge in [0, 0.05) is 0 Å². The molecule has 0 bridgehead atoms. The molecule has 3 nitrogen and oxygen atoms in total. The lowest BCUT2D eigenvalue weighted by Gasteiger charge is -2.24. The Balaban J connectivity index is 2.28. The Labute approximate surface area is 143 Å². The smallest absolute Gasteiger partial charge is 0.325 e. The average Bonchev–Trinajstić information content (AvgIpc) is 2.55. The Morgan fingerprint density at radius 3 is 2.57 bits per heavy atom. The van der Waals surface area contributed by atoms with Crippen molar-refractivity contribution < 1.29 is 14.3 Å². The van der Waals surface area contributed by atoms with E-state index in [1.54, 1.807) is 6.92 Å². The topological polar surface area (TPSA) is 35.5 Å². The summed E-state index contributed by atoms with van der Waals surface area (Å²) in [5.74, 6) is 0.457. The fourth-order valence-electron chi connectivity index (χ4n) is 2.45. The number of ether oxygens (including phenoxy) is 2. The van der Waals surface area contributed by atoms with E-state index >= 15 is 0 Å². The first-order chi connectivity index (χ1) is 10.9. The predicted molar refractivity (Wildman–Crippen MR) is 95.0 cm³/mol. The highest BCUT2D eigenvalue weighted by atomic mass is 32.1. The van der Waals surface area contributed by atoms with Gasteiger partial charge in [-0.25, -0.2) is 0 Å². The number of aryl methyl sites for hydroxylation is 2. The summed E-state index contributed by atoms with van der Waals surface area (Å²) in [5.41, 5.74) is 3.93. The van der Waals surface area contributed by atoms with Crippen molar-refractivity contribution in [3.63, 3.8) is 0 Å². The van der Waals surface area contributed by atoms with Crippen LogP contribution in [0.4, 0.5) is 0 Å². The molecule has 1 atom stereocenters. The van der Waals surface area contributed by atoms with E-state index in [0.29, 0.717) is 6.61 Å². The minimum Gasteiger partial charge on any atom is -0.489 e. The minimum absolute atomic E-state index is 0.369. The summed E-state index contributed by atoms with van der Waals surface area (Å²) in [6.07, 6.45) is 0. The second-order valence-electron chi connectivity index (χ2n) is 5.78. The van der Waals surface area contributed by atoms with Crippen molar-refractivity contribution in [2.75, 3.05) is 7.11 Å². The Bertz CT molecular complexity index is 708. The number of carbonyl (C=O) groups is 1. The molecule has 0 saturated carbocycles. The van der Waals surface area contributed by atoms with E-state index in [1.807, 2.05) is 50.2 Å². The van der Waals surface area contributed by atoms with Crippen molar-refractivity contribution in [3.05, 3.63) is 64.7 Å². The molecule has 4 heteroatoms. The lowest BCUT2D eigenvalue weighted by Crippen LogP contribution is -2.29. The SMILES string of the molecule is COC(=O)C(C)(S)c1ccccc1COc1cc(C)ccc1C. The van der Waals surface area contributed by atoms with Gasteiger partial charge in [0.25, 0.3) is 0 Å². The number of methoxy groups -OCH3 is 1. The minimum atomic E-state index is -1.02. The summed E-state index contributed by atoms with van der Waals surface area (Å²) in [6, 6.07) is 13.7. The van der Waals surface area contributed by atoms with Crippen LogP contribution in [-0.2, 0) is 20.9 Å². The highest BCUT2D eigenvalue weighted by Crippen LogP contribution is 2.33. The number of carbonyl (C=O) groups excluding carboxylic acids is 1. The van der Waals surface area contributed by atoms with Gasteiger partial charge < -0.3 is 9.47 Å². The third kappa shape index (κ3) is 3.88. The van der Waals surface area contributed by atoms with Crippen LogP contribution in [-0.4, -0.2) is 13.1 Å². The third-order valence-electron chi connectivity index (χ3n) is 3.85. The Morgan fingerprint density at radius 2 is 1.87 bits per heavy atom. The largest absolute Gasteiger partial charge is 0.489 e. The van der Waals surface area contributed by atoms with Crippen molar-refractivity contribution in [2.45, 2.75) is 32.1 Å². The number of thiol groups is 1. The van der Waals surface area contributed by atoms with E-state index in [-0.39, 0.29) is 5.97 Å². The molecule has 0 aliphatic heterocycles. The van der Waals surface area contributed by atoms with Crippen molar-refractivity contribution in [1.82, 2.24) is 0 Å². The van der Waals surface area contributed by atoms with Crippen LogP contribution in [0.2, 0.25) is 0 Å². The van der Waals surface area contributed by atoms with Crippen LogP contribution in [0.1, 0.15) is 29.2 Å². The Morgan fingerprint density at radius 1 is 1.17 bits per heavy atom. The van der Waals surface area contributed by atoms with Gasteiger partial charge in [0.2, 0.25) is 0 Å². The normalized spacial score (nSPS) is 13.3. The molecule has 23 heavy (non-hydrogen) atoms. The lowest BCUT2D eigenvalue weighted by atomic mass is 9.95. The summed E-state index contributed by atoms with van der Waals surface area (Å²) in [4.78, 5) is 12.0. The summed E-state index contributed by atoms with van der Waals surface area (Å²) in [7, 11) is 1.37. The molecule has 122 valence electrons. The van der Waals surface area contributed by atoms with Gasteiger partial charge in [0.1, 0.15) is 17.1 Å². The average molecular weight is 330 g/mol. The molecule has 2 rings (SSSR count). The number of hydrogen-bond donors (Lipinski definition) is 1. The summed E-state index contributed by atoms with van der Waals surface area (Å²) < 4.78 is 9.82. The van der Waals surface area contributed by atoms with Gasteiger partial charge >= 0.3 is 5.97 Å². The summed E-state index contributed by atoms with van der Waals surface area (Å²) >= 11 is 4.51. The molecule has 0 saturated heterocycles. The van der Waals surface area contributed by atoms with E-state index in [9.17, 15) is 4.79 Å². The van der Waals surface area contributed by atoms with Crippen LogP contribution < -0.4 is 4.74 Å². The van der Waals surface area contributed by atoms with E-state index in [2.05, 4.69) is 18.7 Å². The van der Waals surface area contributed by atoms with Gasteiger partial charge in [-0.05, 0) is 49.1 Å². The maximum atomic E-state index is 12.0. The molecule has 0 N–H and O–H groups in total. The maximum Gasteiger partial charge on any atom is 0.325 e. The van der Waals surface area contributed by atoms with Crippen LogP contribution in [0.5, 0.6) is 5.75 Å². The van der Waals surface area contributed by atoms with Gasteiger partial charge in [-0.3, -0.25) is 4.79 Å². The van der Waals surface area contributed by atoms with Gasteiger partial charge in [0.15, 0.2) is 0 Å². The van der Waals surface area contributed by atoms with Gasteiger partial charge in [-0.15, -0.1) is 0 Å². The number of benzene rings is 2. The van der Waals surface area contributed by atoms with Crippen molar-refractivity contribution >= 4 is 18.6 Å². The standard InChI is InChI=1S/C19H22O3S/c1-13-9-10-14(2)17(11-13)22-12-15-7-5-6-8-16(15)19(3,23)18(20)21-4/h5-11,23H,12H2,1-4H3. The van der Waals surface area contributed by atoms with Crippen LogP contribution in [0, 0.1) is 13.8 Å². The van der Waals surface area contributed by atoms with E-state index in [4.69, 9.17) is 9.47 Å². The molecule has 2 aromatic rings. The lowest BCUT2D eigenvalue weighted by molar-refractivity contribution is -0.143. The second-order valence-corrected chi connectivity index (χ2v) is 6.67. The van der Waals surface area contributed by atoms with Crippen LogP contribution in [0.25, 0.3) is 0 Å². The van der Waals surface area contributed by atoms with Gasteiger partial charge in [-0.1, -0.05) is 36.4 Å². The highest BCUT2D eigenvalue weighted by molar-refractivity contribution is 7.82. The zero-order chi connectivity index (χ0) is 17.0. The monoisotopic (exact) mass is 330 g/mol. The van der Waals surface area contributed by atoms with E-state index in [1.165, 1.54) is 7.11 Å². The predicted octanol–water partition coefficient (Wildman–Crippen LogP) is 4.20. The van der Waals surface area contributed by atoms with Crippen molar-refractivity contribution in [2.24, 2.45) is 0 Å². The zero-order valence-electron chi connectivity index (χ0n) is 13.9. The second kappa shape index (κ2) is 7.09. The molecule has 0 radical (unpaired) electrons. The third-order valence-corrected chi connectivity index (χ3v) is 4.27. The highest BCUT2D eigenvalue weighted by Gasteiger charge is 2.34. The molecule has 0 fully saturated rings. The zero-order valence-corrected chi connectivity index (χ0v) is 14.8. The van der Waals surface area contributed by atoms with Gasteiger partial charge in [-0.2, -0.15) is 12.6 Å². The van der Waals surface area contributed by atoms with E-state index < -0.39 is 4.75 Å². The molecule has 1 unspecified atom stereocenters. The van der Waals surface area contributed by atoms with Crippen LogP contribution >= 0.6 is 12.6 Å². The number of hydrogen-bond acceptors (Lipinski definition) is 4. The first-order valence-corrected chi connectivity index (χ1v) is 7.90. The number of rotatable bonds is 5. The molecule has 0 heterocycles. The van der Waals surface area contributed by atoms with E-state index in [0.717, 1.165) is 28.0 Å². The first-order valence-electron chi connectivity index (χ1n) is 7.45. The molecule has 0 aliphatic carbocycles. The first kappa shape index (κ1) is 17.4. The molecular formula is C19H22O3S. The molecule has 0 amide bonds. The summed E-state index contributed by atoms with van der Waals surface area (Å²) in [6.45, 7) is 6.15. The molecule has 0 spiro atoms.